The second kappa shape index (κ2) is 4.91. The first kappa shape index (κ1) is 15.1. The zero-order valence-electron chi connectivity index (χ0n) is 12.0. The van der Waals surface area contributed by atoms with Crippen LogP contribution in [0.4, 0.5) is 5.82 Å². The fraction of sp³-hybridized carbons (Fsp3) is 0.500. The Labute approximate surface area is 137 Å². The van der Waals surface area contributed by atoms with Crippen molar-refractivity contribution in [3.8, 4) is 12.0 Å². The van der Waals surface area contributed by atoms with Crippen LogP contribution >= 0.6 is 7.82 Å². The summed E-state index contributed by atoms with van der Waals surface area (Å²) in [4.78, 5) is 12.0. The standard InChI is InChI=1S/C10H10N5O9P/c16-1-2-4(17)5(8(18)20-2)21-9-11-6-3-7(12-9)14-23-25(19)22-10(13-6)15(3)24-25/h2,4-5,8,16-18H,1H2,(H,11,12,14)/t2-,4-,5+,8-,25?/m1/s1. The number of fused-ring (bicyclic) bond motifs is 1. The Hall–Kier alpha value is -2.22. The minimum absolute atomic E-state index is 0.0291. The minimum Gasteiger partial charge on any atom is -0.452 e. The summed E-state index contributed by atoms with van der Waals surface area (Å²) in [6.07, 6.45) is -5.05. The first-order valence-corrected chi connectivity index (χ1v) is 8.47. The maximum atomic E-state index is 12.1. The second-order valence-electron chi connectivity index (χ2n) is 5.35. The van der Waals surface area contributed by atoms with E-state index in [-0.39, 0.29) is 29.0 Å². The van der Waals surface area contributed by atoms with Crippen molar-refractivity contribution in [2.45, 2.75) is 24.6 Å². The third-order valence-electron chi connectivity index (χ3n) is 3.79. The van der Waals surface area contributed by atoms with Gasteiger partial charge < -0.3 is 29.3 Å². The number of nitrogens with one attached hydrogen (secondary N) is 1. The molecule has 15 heteroatoms. The average molecular weight is 375 g/mol. The molecule has 0 radical (unpaired) electrons. The Kier molecular flexibility index (Phi) is 2.96. The van der Waals surface area contributed by atoms with Gasteiger partial charge >= 0.3 is 19.8 Å². The molecule has 25 heavy (non-hydrogen) atoms. The first-order valence-electron chi connectivity index (χ1n) is 7.01. The molecule has 0 spiro atoms. The fourth-order valence-electron chi connectivity index (χ4n) is 2.65. The van der Waals surface area contributed by atoms with Gasteiger partial charge in [0.25, 0.3) is 0 Å². The fourth-order valence-corrected chi connectivity index (χ4v) is 3.61. The van der Waals surface area contributed by atoms with E-state index >= 15 is 0 Å². The van der Waals surface area contributed by atoms with Gasteiger partial charge in [-0.1, -0.05) is 0 Å². The van der Waals surface area contributed by atoms with Crippen LogP contribution in [-0.2, 0) is 13.9 Å². The maximum absolute atomic E-state index is 12.1. The molecule has 0 saturated carbocycles. The van der Waals surface area contributed by atoms with Gasteiger partial charge in [-0.3, -0.25) is 4.62 Å². The van der Waals surface area contributed by atoms with Gasteiger partial charge in [-0.25, -0.2) is 10.0 Å². The van der Waals surface area contributed by atoms with Gasteiger partial charge in [-0.2, -0.15) is 15.0 Å². The van der Waals surface area contributed by atoms with Crippen molar-refractivity contribution in [2.75, 3.05) is 12.1 Å². The molecule has 2 bridgehead atoms. The number of ether oxygens (including phenoxy) is 2. The van der Waals surface area contributed by atoms with Crippen molar-refractivity contribution >= 4 is 24.8 Å². The van der Waals surface area contributed by atoms with Crippen LogP contribution in [0.2, 0.25) is 0 Å². The third-order valence-corrected chi connectivity index (χ3v) is 4.85. The van der Waals surface area contributed by atoms with E-state index in [2.05, 4.69) is 20.4 Å². The Morgan fingerprint density at radius 3 is 2.92 bits per heavy atom. The zero-order valence-corrected chi connectivity index (χ0v) is 12.9. The lowest BCUT2D eigenvalue weighted by Crippen LogP contribution is -2.39. The van der Waals surface area contributed by atoms with Gasteiger partial charge in [0.2, 0.25) is 0 Å². The lowest BCUT2D eigenvalue weighted by molar-refractivity contribution is -0.129. The van der Waals surface area contributed by atoms with Crippen LogP contribution < -0.4 is 19.4 Å². The number of aliphatic hydroxyl groups excluding tert-OH is 3. The third kappa shape index (κ3) is 2.09. The van der Waals surface area contributed by atoms with Crippen molar-refractivity contribution in [3.63, 3.8) is 0 Å². The number of phosphoric acid groups is 1. The van der Waals surface area contributed by atoms with Crippen LogP contribution in [0.3, 0.4) is 0 Å². The van der Waals surface area contributed by atoms with E-state index in [1.165, 1.54) is 0 Å². The van der Waals surface area contributed by atoms with Gasteiger partial charge in [0.05, 0.1) is 6.61 Å². The first-order chi connectivity index (χ1) is 12.0. The molecular formula is C10H10N5O9P. The molecule has 0 amide bonds. The van der Waals surface area contributed by atoms with Gasteiger partial charge in [0.15, 0.2) is 29.4 Å². The number of nitrogens with zero attached hydrogens (tertiary/aromatic N) is 4. The van der Waals surface area contributed by atoms with E-state index in [4.69, 9.17) is 28.4 Å². The van der Waals surface area contributed by atoms with Crippen molar-refractivity contribution in [1.82, 2.24) is 19.7 Å². The molecule has 5 heterocycles. The molecule has 1 fully saturated rings. The summed E-state index contributed by atoms with van der Waals surface area (Å²) in [7, 11) is -3.89. The van der Waals surface area contributed by atoms with E-state index in [0.717, 1.165) is 4.73 Å². The summed E-state index contributed by atoms with van der Waals surface area (Å²) >= 11 is 0. The number of imidazole rings is 1. The van der Waals surface area contributed by atoms with Crippen LogP contribution in [0.15, 0.2) is 0 Å². The van der Waals surface area contributed by atoms with E-state index in [1.807, 2.05) is 0 Å². The monoisotopic (exact) mass is 375 g/mol. The molecule has 5 rings (SSSR count). The van der Waals surface area contributed by atoms with Crippen LogP contribution in [0.25, 0.3) is 11.2 Å². The molecular weight excluding hydrogens is 365 g/mol. The van der Waals surface area contributed by atoms with Crippen LogP contribution in [-0.4, -0.2) is 66.2 Å². The van der Waals surface area contributed by atoms with Crippen LogP contribution in [0.1, 0.15) is 0 Å². The van der Waals surface area contributed by atoms with Crippen molar-refractivity contribution in [2.24, 2.45) is 0 Å². The lowest BCUT2D eigenvalue weighted by atomic mass is 10.1. The highest BCUT2D eigenvalue weighted by Gasteiger charge is 2.48. The van der Waals surface area contributed by atoms with Gasteiger partial charge in [-0.15, -0.1) is 9.35 Å². The SMILES string of the molecule is O=P12ONc3nc(O[C@H]4[C@H](O)[C@@H](CO)O[C@H]4O)nc4nc(n(c34)O1)O2. The Morgan fingerprint density at radius 2 is 2.16 bits per heavy atom. The predicted molar refractivity (Wildman–Crippen MR) is 73.2 cm³/mol. The van der Waals surface area contributed by atoms with Crippen molar-refractivity contribution in [1.29, 1.82) is 0 Å². The molecule has 134 valence electrons. The van der Waals surface area contributed by atoms with Gasteiger partial charge in [-0.05, 0) is 0 Å². The largest absolute Gasteiger partial charge is 0.632 e. The predicted octanol–water partition coefficient (Wildman–Crippen LogP) is -2.07. The number of hydrogen-bond acceptors (Lipinski definition) is 13. The summed E-state index contributed by atoms with van der Waals surface area (Å²) < 4.78 is 38.3. The minimum atomic E-state index is -3.89. The molecule has 3 aliphatic heterocycles. The number of hydrogen-bond donors (Lipinski definition) is 4. The number of aliphatic hydroxyl groups is 3. The van der Waals surface area contributed by atoms with Crippen LogP contribution in [0.5, 0.6) is 12.0 Å². The van der Waals surface area contributed by atoms with E-state index in [1.54, 1.807) is 0 Å². The summed E-state index contributed by atoms with van der Waals surface area (Å²) in [6, 6.07) is -0.407. The maximum Gasteiger partial charge on any atom is 0.632 e. The summed E-state index contributed by atoms with van der Waals surface area (Å²) in [5, 5.41) is 28.9. The van der Waals surface area contributed by atoms with Gasteiger partial charge in [0, 0.05) is 0 Å². The average Bonchev–Trinajstić information content (AvgIpc) is 3.11. The van der Waals surface area contributed by atoms with E-state index in [9.17, 15) is 14.8 Å². The van der Waals surface area contributed by atoms with E-state index in [0.29, 0.717) is 0 Å². The Bertz CT molecular complexity index is 920. The van der Waals surface area contributed by atoms with E-state index < -0.39 is 39.0 Å². The van der Waals surface area contributed by atoms with Gasteiger partial charge in [0.1, 0.15) is 12.2 Å². The Balaban J connectivity index is 1.52. The highest BCUT2D eigenvalue weighted by Crippen LogP contribution is 2.54. The summed E-state index contributed by atoms with van der Waals surface area (Å²) in [6.45, 7) is -0.504. The Morgan fingerprint density at radius 1 is 1.32 bits per heavy atom. The summed E-state index contributed by atoms with van der Waals surface area (Å²) in [5.41, 5.74) is 2.59. The molecule has 2 aromatic heterocycles. The molecule has 1 unspecified atom stereocenters. The second-order valence-corrected chi connectivity index (χ2v) is 6.77. The molecule has 0 aromatic carbocycles. The summed E-state index contributed by atoms with van der Waals surface area (Å²) in [5.74, 6) is 0.0291. The number of aromatic nitrogens is 4. The van der Waals surface area contributed by atoms with Crippen molar-refractivity contribution < 1.29 is 43.1 Å². The molecule has 3 aliphatic rings. The van der Waals surface area contributed by atoms with Crippen LogP contribution in [0, 0.1) is 0 Å². The number of anilines is 1. The molecule has 5 atom stereocenters. The highest BCUT2D eigenvalue weighted by atomic mass is 31.2. The number of rotatable bonds is 3. The quantitative estimate of drug-likeness (QED) is 0.430. The smallest absolute Gasteiger partial charge is 0.452 e. The zero-order chi connectivity index (χ0) is 17.3. The topological polar surface area (TPSA) is 180 Å². The highest BCUT2D eigenvalue weighted by molar-refractivity contribution is 7.49. The molecule has 1 saturated heterocycles. The normalized spacial score (nSPS) is 35.3. The van der Waals surface area contributed by atoms with Crippen molar-refractivity contribution in [3.05, 3.63) is 0 Å². The molecule has 4 N–H and O–H groups in total. The molecule has 0 aliphatic carbocycles. The molecule has 14 nitrogen and oxygen atoms in total. The lowest BCUT2D eigenvalue weighted by Gasteiger charge is -2.17. The molecule has 2 aromatic rings.